The van der Waals surface area contributed by atoms with Crippen molar-refractivity contribution >= 4 is 15.7 Å². The minimum atomic E-state index is -3.90. The molecule has 0 aliphatic carbocycles. The zero-order valence-electron chi connectivity index (χ0n) is 13.0. The molecule has 0 saturated carbocycles. The van der Waals surface area contributed by atoms with Gasteiger partial charge in [-0.1, -0.05) is 5.92 Å². The molecule has 0 bridgehead atoms. The minimum Gasteiger partial charge on any atom is -0.384 e. The molecule has 1 aliphatic heterocycles. The molecule has 7 heteroatoms. The first-order valence-electron chi connectivity index (χ1n) is 7.52. The first-order chi connectivity index (χ1) is 10.9. The van der Waals surface area contributed by atoms with Crippen molar-refractivity contribution in [2.75, 3.05) is 25.1 Å². The van der Waals surface area contributed by atoms with Gasteiger partial charge in [0.15, 0.2) is 0 Å². The highest BCUT2D eigenvalue weighted by molar-refractivity contribution is 7.89. The molecule has 23 heavy (non-hydrogen) atoms. The number of halogens is 1. The fraction of sp³-hybridized carbons (Fsp3) is 0.500. The molecule has 1 fully saturated rings. The summed E-state index contributed by atoms with van der Waals surface area (Å²) in [6, 6.07) is 2.99. The van der Waals surface area contributed by atoms with Crippen LogP contribution >= 0.6 is 0 Å². The maximum atomic E-state index is 13.5. The number of sulfonamides is 1. The highest BCUT2D eigenvalue weighted by atomic mass is 32.2. The first kappa shape index (κ1) is 17.7. The number of terminal acetylenes is 1. The van der Waals surface area contributed by atoms with Crippen LogP contribution in [0.25, 0.3) is 0 Å². The lowest BCUT2D eigenvalue weighted by Gasteiger charge is -2.23. The quantitative estimate of drug-likeness (QED) is 0.777. The Kier molecular flexibility index (Phi) is 5.99. The second-order valence-electron chi connectivity index (χ2n) is 5.59. The lowest BCUT2D eigenvalue weighted by molar-refractivity contribution is 0.0699. The highest BCUT2D eigenvalue weighted by Crippen LogP contribution is 2.24. The maximum Gasteiger partial charge on any atom is 0.243 e. The van der Waals surface area contributed by atoms with Gasteiger partial charge in [0.05, 0.1) is 11.7 Å². The second kappa shape index (κ2) is 7.77. The molecule has 1 unspecified atom stereocenters. The van der Waals surface area contributed by atoms with Crippen LogP contribution in [0.4, 0.5) is 10.1 Å². The summed E-state index contributed by atoms with van der Waals surface area (Å²) in [5.41, 5.74) is 0.370. The molecule has 1 aromatic rings. The molecule has 0 spiro atoms. The molecule has 5 nitrogen and oxygen atoms in total. The van der Waals surface area contributed by atoms with Crippen molar-refractivity contribution in [2.45, 2.75) is 30.7 Å². The fourth-order valence-electron chi connectivity index (χ4n) is 2.40. The highest BCUT2D eigenvalue weighted by Gasteiger charge is 2.22. The molecular weight excluding hydrogens is 319 g/mol. The Morgan fingerprint density at radius 2 is 2.13 bits per heavy atom. The van der Waals surface area contributed by atoms with Gasteiger partial charge in [-0.05, 0) is 43.9 Å². The van der Waals surface area contributed by atoms with E-state index in [1.54, 1.807) is 6.92 Å². The number of ether oxygens (including phenoxy) is 1. The van der Waals surface area contributed by atoms with Crippen LogP contribution < -0.4 is 10.0 Å². The summed E-state index contributed by atoms with van der Waals surface area (Å²) in [7, 11) is -3.90. The minimum absolute atomic E-state index is 0.133. The van der Waals surface area contributed by atoms with E-state index in [0.717, 1.165) is 18.9 Å². The average Bonchev–Trinajstić information content (AvgIpc) is 2.54. The Balaban J connectivity index is 2.18. The Morgan fingerprint density at radius 1 is 1.43 bits per heavy atom. The van der Waals surface area contributed by atoms with Crippen molar-refractivity contribution < 1.29 is 17.5 Å². The van der Waals surface area contributed by atoms with Gasteiger partial charge in [0.25, 0.3) is 0 Å². The lowest BCUT2D eigenvalue weighted by atomic mass is 10.0. The molecule has 1 aliphatic rings. The van der Waals surface area contributed by atoms with Crippen molar-refractivity contribution in [2.24, 2.45) is 5.92 Å². The molecule has 1 heterocycles. The molecule has 126 valence electrons. The summed E-state index contributed by atoms with van der Waals surface area (Å²) < 4.78 is 45.9. The molecule has 1 saturated heterocycles. The van der Waals surface area contributed by atoms with Crippen molar-refractivity contribution in [1.82, 2.24) is 4.72 Å². The van der Waals surface area contributed by atoms with Crippen LogP contribution in [0.1, 0.15) is 19.8 Å². The van der Waals surface area contributed by atoms with E-state index >= 15 is 0 Å². The summed E-state index contributed by atoms with van der Waals surface area (Å²) in [6.45, 7) is 3.58. The monoisotopic (exact) mass is 340 g/mol. The third kappa shape index (κ3) is 4.93. The fourth-order valence-corrected chi connectivity index (χ4v) is 3.76. The lowest BCUT2D eigenvalue weighted by Crippen LogP contribution is -2.32. The number of hydrogen-bond acceptors (Lipinski definition) is 4. The first-order valence-corrected chi connectivity index (χ1v) is 9.00. The van der Waals surface area contributed by atoms with Gasteiger partial charge in [-0.25, -0.2) is 12.8 Å². The van der Waals surface area contributed by atoms with Gasteiger partial charge >= 0.3 is 0 Å². The molecule has 0 radical (unpaired) electrons. The third-order valence-corrected chi connectivity index (χ3v) is 5.32. The van der Waals surface area contributed by atoms with Gasteiger partial charge < -0.3 is 10.1 Å². The number of anilines is 1. The Hall–Kier alpha value is -1.62. The molecule has 1 aromatic carbocycles. The van der Waals surface area contributed by atoms with E-state index in [1.165, 1.54) is 12.1 Å². The van der Waals surface area contributed by atoms with Crippen molar-refractivity contribution in [3.63, 3.8) is 0 Å². The van der Waals surface area contributed by atoms with Crippen molar-refractivity contribution in [3.05, 3.63) is 24.0 Å². The van der Waals surface area contributed by atoms with Crippen LogP contribution in [0.2, 0.25) is 0 Å². The summed E-state index contributed by atoms with van der Waals surface area (Å²) in [5.74, 6) is 2.08. The number of benzene rings is 1. The van der Waals surface area contributed by atoms with Crippen molar-refractivity contribution in [1.29, 1.82) is 0 Å². The van der Waals surface area contributed by atoms with Crippen LogP contribution in [0.5, 0.6) is 0 Å². The van der Waals surface area contributed by atoms with Crippen LogP contribution in [0.15, 0.2) is 23.1 Å². The van der Waals surface area contributed by atoms with Crippen LogP contribution in [-0.4, -0.2) is 34.2 Å². The van der Waals surface area contributed by atoms with Crippen LogP contribution in [0.3, 0.4) is 0 Å². The van der Waals surface area contributed by atoms with Gasteiger partial charge in [0, 0.05) is 19.8 Å². The van der Waals surface area contributed by atoms with Gasteiger partial charge in [-0.2, -0.15) is 4.72 Å². The zero-order chi connectivity index (χ0) is 16.9. The third-order valence-electron chi connectivity index (χ3n) is 3.74. The molecule has 2 rings (SSSR count). The van der Waals surface area contributed by atoms with E-state index in [1.807, 2.05) is 0 Å². The van der Waals surface area contributed by atoms with E-state index in [2.05, 4.69) is 16.0 Å². The number of rotatable bonds is 6. The predicted molar refractivity (Wildman–Crippen MR) is 87.0 cm³/mol. The van der Waals surface area contributed by atoms with Gasteiger partial charge in [0.1, 0.15) is 10.7 Å². The smallest absolute Gasteiger partial charge is 0.243 e. The Morgan fingerprint density at radius 3 is 2.78 bits per heavy atom. The SMILES string of the molecule is C#CC(C)NS(=O)(=O)c1cc(F)ccc1NCC1CCOCC1. The van der Waals surface area contributed by atoms with E-state index in [4.69, 9.17) is 11.2 Å². The van der Waals surface area contributed by atoms with Gasteiger partial charge in [-0.15, -0.1) is 6.42 Å². The standard InChI is InChI=1S/C16H21FN2O3S/c1-3-12(2)19-23(20,21)16-10-14(17)4-5-15(16)18-11-13-6-8-22-9-7-13/h1,4-5,10,12-13,18-19H,6-9,11H2,2H3. The normalized spacial score (nSPS) is 17.4. The summed E-state index contributed by atoms with van der Waals surface area (Å²) in [5, 5.41) is 3.11. The number of hydrogen-bond donors (Lipinski definition) is 2. The van der Waals surface area contributed by atoms with Crippen molar-refractivity contribution in [3.8, 4) is 12.3 Å². The maximum absolute atomic E-state index is 13.5. The predicted octanol–water partition coefficient (Wildman–Crippen LogP) is 1.96. The van der Waals surface area contributed by atoms with Gasteiger partial charge in [0.2, 0.25) is 10.0 Å². The van der Waals surface area contributed by atoms with E-state index in [-0.39, 0.29) is 4.90 Å². The van der Waals surface area contributed by atoms with E-state index in [0.29, 0.717) is 31.4 Å². The van der Waals surface area contributed by atoms with Gasteiger partial charge in [-0.3, -0.25) is 0 Å². The van der Waals surface area contributed by atoms with E-state index < -0.39 is 21.9 Å². The topological polar surface area (TPSA) is 67.4 Å². The van der Waals surface area contributed by atoms with E-state index in [9.17, 15) is 12.8 Å². The molecule has 0 aromatic heterocycles. The molecule has 2 N–H and O–H groups in total. The molecule has 0 amide bonds. The largest absolute Gasteiger partial charge is 0.384 e. The van der Waals surface area contributed by atoms with Crippen LogP contribution in [-0.2, 0) is 14.8 Å². The van der Waals surface area contributed by atoms with Crippen LogP contribution in [0, 0.1) is 24.1 Å². The molecular formula is C16H21FN2O3S. The zero-order valence-corrected chi connectivity index (χ0v) is 13.8. The number of nitrogens with one attached hydrogen (secondary N) is 2. The second-order valence-corrected chi connectivity index (χ2v) is 7.27. The average molecular weight is 340 g/mol. The summed E-state index contributed by atoms with van der Waals surface area (Å²) in [6.07, 6.45) is 7.04. The Labute approximate surface area is 136 Å². The summed E-state index contributed by atoms with van der Waals surface area (Å²) in [4.78, 5) is -0.133. The molecule has 1 atom stereocenters. The Bertz CT molecular complexity index is 679. The summed E-state index contributed by atoms with van der Waals surface area (Å²) >= 11 is 0.